The first-order valence-corrected chi connectivity index (χ1v) is 8.40. The summed E-state index contributed by atoms with van der Waals surface area (Å²) in [6.45, 7) is 0. The second kappa shape index (κ2) is 6.47. The number of rotatable bonds is 3. The highest BCUT2D eigenvalue weighted by molar-refractivity contribution is 6.17. The Morgan fingerprint density at radius 1 is 1.08 bits per heavy atom. The van der Waals surface area contributed by atoms with Gasteiger partial charge in [0.15, 0.2) is 11.5 Å². The Morgan fingerprint density at radius 3 is 2.58 bits per heavy atom. The number of halogens is 1. The van der Waals surface area contributed by atoms with Crippen molar-refractivity contribution in [2.24, 2.45) is 0 Å². The van der Waals surface area contributed by atoms with Gasteiger partial charge in [0.2, 0.25) is 0 Å². The molecular weight excluding hydrogens is 348 g/mol. The van der Waals surface area contributed by atoms with Gasteiger partial charge >= 0.3 is 0 Å². The van der Waals surface area contributed by atoms with Crippen molar-refractivity contribution in [1.29, 1.82) is 5.26 Å². The zero-order valence-electron chi connectivity index (χ0n) is 13.6. The minimum Gasteiger partial charge on any atom is -0.383 e. The number of anilines is 1. The minimum absolute atomic E-state index is 0.321. The van der Waals surface area contributed by atoms with E-state index < -0.39 is 0 Å². The molecule has 4 rings (SSSR count). The van der Waals surface area contributed by atoms with Gasteiger partial charge in [-0.1, -0.05) is 12.1 Å². The van der Waals surface area contributed by atoms with Crippen molar-refractivity contribution in [3.63, 3.8) is 0 Å². The Balaban J connectivity index is 2.05. The van der Waals surface area contributed by atoms with Crippen LogP contribution in [0, 0.1) is 11.3 Å². The van der Waals surface area contributed by atoms with E-state index in [2.05, 4.69) is 21.0 Å². The summed E-state index contributed by atoms with van der Waals surface area (Å²) in [6.07, 6.45) is 1.63. The van der Waals surface area contributed by atoms with E-state index in [0.29, 0.717) is 39.9 Å². The third-order valence-electron chi connectivity index (χ3n) is 4.05. The lowest BCUT2D eigenvalue weighted by Crippen LogP contribution is -2.02. The molecule has 7 heteroatoms. The summed E-state index contributed by atoms with van der Waals surface area (Å²) < 4.78 is 1.88. The third kappa shape index (κ3) is 2.65. The van der Waals surface area contributed by atoms with Crippen LogP contribution in [-0.4, -0.2) is 19.5 Å². The van der Waals surface area contributed by atoms with Gasteiger partial charge in [-0.3, -0.25) is 4.57 Å². The van der Waals surface area contributed by atoms with Gasteiger partial charge in [0.05, 0.1) is 5.56 Å². The van der Waals surface area contributed by atoms with E-state index in [1.54, 1.807) is 24.4 Å². The van der Waals surface area contributed by atoms with Gasteiger partial charge in [-0.25, -0.2) is 15.0 Å². The highest BCUT2D eigenvalue weighted by Gasteiger charge is 2.18. The molecule has 0 atom stereocenters. The fourth-order valence-electron chi connectivity index (χ4n) is 2.79. The van der Waals surface area contributed by atoms with Crippen LogP contribution in [-0.2, 0) is 5.88 Å². The number of pyridine rings is 2. The lowest BCUT2D eigenvalue weighted by Gasteiger charge is -2.10. The van der Waals surface area contributed by atoms with Crippen molar-refractivity contribution < 1.29 is 0 Å². The summed E-state index contributed by atoms with van der Waals surface area (Å²) in [6, 6.07) is 16.9. The van der Waals surface area contributed by atoms with Crippen molar-refractivity contribution in [3.8, 4) is 23.1 Å². The maximum Gasteiger partial charge on any atom is 0.166 e. The van der Waals surface area contributed by atoms with E-state index in [0.717, 1.165) is 11.3 Å². The van der Waals surface area contributed by atoms with Crippen LogP contribution in [0.3, 0.4) is 0 Å². The average molecular weight is 361 g/mol. The van der Waals surface area contributed by atoms with E-state index >= 15 is 0 Å². The lowest BCUT2D eigenvalue weighted by atomic mass is 10.2. The summed E-state index contributed by atoms with van der Waals surface area (Å²) in [5.41, 5.74) is 10.2. The van der Waals surface area contributed by atoms with Crippen LogP contribution in [0.25, 0.3) is 28.2 Å². The zero-order chi connectivity index (χ0) is 18.1. The first-order chi connectivity index (χ1) is 12.7. The van der Waals surface area contributed by atoms with Crippen LogP contribution in [0.2, 0.25) is 0 Å². The molecule has 0 unspecified atom stereocenters. The molecule has 3 aromatic heterocycles. The fraction of sp³-hybridized carbons (Fsp3) is 0.0526. The number of hydrogen-bond donors (Lipinski definition) is 1. The highest BCUT2D eigenvalue weighted by atomic mass is 35.5. The highest BCUT2D eigenvalue weighted by Crippen LogP contribution is 2.30. The Hall–Kier alpha value is -3.43. The topological polar surface area (TPSA) is 93.4 Å². The largest absolute Gasteiger partial charge is 0.383 e. The maximum absolute atomic E-state index is 9.21. The van der Waals surface area contributed by atoms with E-state index in [-0.39, 0.29) is 0 Å². The van der Waals surface area contributed by atoms with E-state index in [1.807, 2.05) is 34.9 Å². The van der Waals surface area contributed by atoms with Crippen molar-refractivity contribution in [2.45, 2.75) is 5.88 Å². The molecule has 0 bridgehead atoms. The van der Waals surface area contributed by atoms with Gasteiger partial charge in [0, 0.05) is 17.8 Å². The summed E-state index contributed by atoms with van der Waals surface area (Å²) in [5, 5.41) is 9.21. The van der Waals surface area contributed by atoms with Crippen LogP contribution in [0.5, 0.6) is 0 Å². The molecule has 2 N–H and O–H groups in total. The first-order valence-electron chi connectivity index (χ1n) is 7.87. The summed E-state index contributed by atoms with van der Waals surface area (Å²) in [4.78, 5) is 13.3. The standard InChI is InChI=1S/C19H13ClN6/c20-10-12-3-6-14(7-4-12)26-18(15-2-1-9-23-17(15)22)25-16-8-5-13(11-21)24-19(16)26/h1-9H,10H2,(H2,22,23). The quantitative estimate of drug-likeness (QED) is 0.562. The number of imidazole rings is 1. The SMILES string of the molecule is N#Cc1ccc2nc(-c3cccnc3N)n(-c3ccc(CCl)cc3)c2n1. The van der Waals surface area contributed by atoms with Gasteiger partial charge < -0.3 is 5.73 Å². The number of alkyl halides is 1. The van der Waals surface area contributed by atoms with E-state index in [9.17, 15) is 5.26 Å². The summed E-state index contributed by atoms with van der Waals surface area (Å²) in [7, 11) is 0. The molecule has 0 aliphatic heterocycles. The number of nitriles is 1. The van der Waals surface area contributed by atoms with Crippen molar-refractivity contribution in [1.82, 2.24) is 19.5 Å². The van der Waals surface area contributed by atoms with Crippen molar-refractivity contribution >= 4 is 28.6 Å². The molecule has 3 heterocycles. The van der Waals surface area contributed by atoms with Gasteiger partial charge in [0.25, 0.3) is 0 Å². The lowest BCUT2D eigenvalue weighted by molar-refractivity contribution is 1.07. The summed E-state index contributed by atoms with van der Waals surface area (Å²) >= 11 is 5.89. The molecule has 0 saturated carbocycles. The molecule has 0 radical (unpaired) electrons. The fourth-order valence-corrected chi connectivity index (χ4v) is 2.96. The van der Waals surface area contributed by atoms with Crippen LogP contribution in [0.15, 0.2) is 54.7 Å². The Kier molecular flexibility index (Phi) is 3.99. The second-order valence-corrected chi connectivity index (χ2v) is 5.93. The molecule has 0 aliphatic carbocycles. The van der Waals surface area contributed by atoms with Crippen molar-refractivity contribution in [2.75, 3.05) is 5.73 Å². The molecule has 0 saturated heterocycles. The molecule has 0 fully saturated rings. The molecule has 126 valence electrons. The van der Waals surface area contributed by atoms with Crippen LogP contribution in [0.1, 0.15) is 11.3 Å². The predicted molar refractivity (Wildman–Crippen MR) is 101 cm³/mol. The second-order valence-electron chi connectivity index (χ2n) is 5.66. The molecule has 26 heavy (non-hydrogen) atoms. The molecule has 4 aromatic rings. The average Bonchev–Trinajstić information content (AvgIpc) is 3.06. The van der Waals surface area contributed by atoms with Gasteiger partial charge in [-0.2, -0.15) is 5.26 Å². The zero-order valence-corrected chi connectivity index (χ0v) is 14.4. The van der Waals surface area contributed by atoms with Gasteiger partial charge in [-0.15, -0.1) is 11.6 Å². The van der Waals surface area contributed by atoms with Crippen LogP contribution >= 0.6 is 11.6 Å². The third-order valence-corrected chi connectivity index (χ3v) is 4.36. The predicted octanol–water partition coefficient (Wildman–Crippen LogP) is 3.68. The smallest absolute Gasteiger partial charge is 0.166 e. The van der Waals surface area contributed by atoms with Crippen molar-refractivity contribution in [3.05, 3.63) is 66.0 Å². The van der Waals surface area contributed by atoms with Crippen LogP contribution < -0.4 is 5.73 Å². The molecule has 0 amide bonds. The summed E-state index contributed by atoms with van der Waals surface area (Å²) in [5.74, 6) is 1.43. The van der Waals surface area contributed by atoms with E-state index in [4.69, 9.17) is 17.3 Å². The van der Waals surface area contributed by atoms with Crippen LogP contribution in [0.4, 0.5) is 5.82 Å². The number of nitrogens with zero attached hydrogens (tertiary/aromatic N) is 5. The number of nitrogens with two attached hydrogens (primary N) is 1. The molecular formula is C19H13ClN6. The first kappa shape index (κ1) is 16.1. The van der Waals surface area contributed by atoms with Gasteiger partial charge in [0.1, 0.15) is 23.1 Å². The molecule has 1 aromatic carbocycles. The monoisotopic (exact) mass is 360 g/mol. The molecule has 0 aliphatic rings. The number of hydrogen-bond acceptors (Lipinski definition) is 5. The Bertz CT molecular complexity index is 1140. The van der Waals surface area contributed by atoms with E-state index in [1.165, 1.54) is 0 Å². The molecule has 6 nitrogen and oxygen atoms in total. The Labute approximate surface area is 154 Å². The number of benzene rings is 1. The molecule has 0 spiro atoms. The maximum atomic E-state index is 9.21. The van der Waals surface area contributed by atoms with Gasteiger partial charge in [-0.05, 0) is 42.0 Å². The Morgan fingerprint density at radius 2 is 1.88 bits per heavy atom. The number of fused-ring (bicyclic) bond motifs is 1. The number of aromatic nitrogens is 4. The number of nitrogen functional groups attached to an aromatic ring is 1. The normalized spacial score (nSPS) is 10.8. The minimum atomic E-state index is 0.321.